The quantitative estimate of drug-likeness (QED) is 0.882. The van der Waals surface area contributed by atoms with Crippen LogP contribution in [-0.4, -0.2) is 57.3 Å². The van der Waals surface area contributed by atoms with E-state index in [2.05, 4.69) is 0 Å². The van der Waals surface area contributed by atoms with Crippen LogP contribution in [0.4, 0.5) is 0 Å². The first-order valence-corrected chi connectivity index (χ1v) is 8.25. The summed E-state index contributed by atoms with van der Waals surface area (Å²) in [4.78, 5) is -0.126. The smallest absolute Gasteiger partial charge is 0.244 e. The minimum Gasteiger partial charge on any atom is -0.495 e. The van der Waals surface area contributed by atoms with E-state index < -0.39 is 22.2 Å². The summed E-state index contributed by atoms with van der Waals surface area (Å²) >= 11 is 12.0. The number of methoxy groups -OCH3 is 2. The Hall–Kier alpha value is -0.570. The van der Waals surface area contributed by atoms with Crippen LogP contribution < -0.4 is 4.74 Å². The summed E-state index contributed by atoms with van der Waals surface area (Å²) in [5, 5.41) is 9.91. The Kier molecular flexibility index (Phi) is 5.02. The van der Waals surface area contributed by atoms with Gasteiger partial charge in [-0.05, 0) is 6.07 Å². The molecular weight excluding hydrogens is 341 g/mol. The number of aliphatic hydroxyl groups is 1. The Bertz CT molecular complexity index is 637. The Morgan fingerprint density at radius 2 is 1.90 bits per heavy atom. The molecule has 0 unspecified atom stereocenters. The van der Waals surface area contributed by atoms with Gasteiger partial charge in [-0.3, -0.25) is 0 Å². The van der Waals surface area contributed by atoms with Crippen LogP contribution in [0.1, 0.15) is 0 Å². The van der Waals surface area contributed by atoms with Gasteiger partial charge in [0.1, 0.15) is 10.6 Å². The standard InChI is InChI=1S/C12H15Cl2NO5S/c1-19-10-3-8(14)12(4-7(10)13)21(17,18)15-5-9(16)11(6-15)20-2/h3-4,9,11,16H,5-6H2,1-2H3/t9-,11-/m0/s1. The number of aliphatic hydroxyl groups excluding tert-OH is 1. The molecule has 21 heavy (non-hydrogen) atoms. The zero-order valence-corrected chi connectivity index (χ0v) is 13.7. The van der Waals surface area contributed by atoms with Gasteiger partial charge in [-0.1, -0.05) is 23.2 Å². The van der Waals surface area contributed by atoms with E-state index in [0.717, 1.165) is 4.31 Å². The van der Waals surface area contributed by atoms with Gasteiger partial charge in [-0.2, -0.15) is 4.31 Å². The Morgan fingerprint density at radius 1 is 1.24 bits per heavy atom. The highest BCUT2D eigenvalue weighted by atomic mass is 35.5. The topological polar surface area (TPSA) is 76.1 Å². The molecule has 0 aliphatic carbocycles. The van der Waals surface area contributed by atoms with Crippen molar-refractivity contribution >= 4 is 33.2 Å². The number of sulfonamides is 1. The molecule has 0 radical (unpaired) electrons. The van der Waals surface area contributed by atoms with E-state index in [-0.39, 0.29) is 33.8 Å². The lowest BCUT2D eigenvalue weighted by atomic mass is 10.3. The molecule has 2 atom stereocenters. The summed E-state index contributed by atoms with van der Waals surface area (Å²) in [5.41, 5.74) is 0. The number of ether oxygens (including phenoxy) is 2. The van der Waals surface area contributed by atoms with Crippen LogP contribution in [0.25, 0.3) is 0 Å². The van der Waals surface area contributed by atoms with E-state index in [1.165, 1.54) is 26.4 Å². The fraction of sp³-hybridized carbons (Fsp3) is 0.500. The highest BCUT2D eigenvalue weighted by molar-refractivity contribution is 7.89. The van der Waals surface area contributed by atoms with Gasteiger partial charge in [-0.15, -0.1) is 0 Å². The Labute approximate surface area is 133 Å². The van der Waals surface area contributed by atoms with Crippen molar-refractivity contribution in [2.45, 2.75) is 17.1 Å². The Morgan fingerprint density at radius 3 is 2.43 bits per heavy atom. The molecule has 118 valence electrons. The highest BCUT2D eigenvalue weighted by Gasteiger charge is 2.39. The van der Waals surface area contributed by atoms with Crippen LogP contribution in [-0.2, 0) is 14.8 Å². The van der Waals surface area contributed by atoms with Gasteiger partial charge in [0.05, 0.1) is 29.4 Å². The van der Waals surface area contributed by atoms with Crippen molar-refractivity contribution in [2.24, 2.45) is 0 Å². The molecule has 0 saturated carbocycles. The van der Waals surface area contributed by atoms with Crippen molar-refractivity contribution < 1.29 is 23.0 Å². The molecule has 1 aliphatic heterocycles. The van der Waals surface area contributed by atoms with E-state index in [1.807, 2.05) is 0 Å². The van der Waals surface area contributed by atoms with Crippen LogP contribution in [0, 0.1) is 0 Å². The maximum absolute atomic E-state index is 12.6. The predicted octanol–water partition coefficient (Wildman–Crippen LogP) is 1.38. The van der Waals surface area contributed by atoms with E-state index >= 15 is 0 Å². The third kappa shape index (κ3) is 3.13. The monoisotopic (exact) mass is 355 g/mol. The summed E-state index contributed by atoms with van der Waals surface area (Å²) < 4.78 is 36.3. The number of nitrogens with zero attached hydrogens (tertiary/aromatic N) is 1. The molecule has 0 spiro atoms. The van der Waals surface area contributed by atoms with Crippen LogP contribution in [0.15, 0.2) is 17.0 Å². The van der Waals surface area contributed by atoms with E-state index in [9.17, 15) is 13.5 Å². The fourth-order valence-electron chi connectivity index (χ4n) is 2.15. The molecule has 0 aromatic heterocycles. The second-order valence-electron chi connectivity index (χ2n) is 4.58. The average Bonchev–Trinajstić information content (AvgIpc) is 2.82. The van der Waals surface area contributed by atoms with Gasteiger partial charge in [0.15, 0.2) is 0 Å². The summed E-state index contributed by atoms with van der Waals surface area (Å²) in [5.74, 6) is 0.289. The molecule has 1 fully saturated rings. The molecule has 0 amide bonds. The summed E-state index contributed by atoms with van der Waals surface area (Å²) in [7, 11) is -1.05. The van der Waals surface area contributed by atoms with Gasteiger partial charge in [0.2, 0.25) is 10.0 Å². The van der Waals surface area contributed by atoms with Crippen LogP contribution in [0.3, 0.4) is 0 Å². The van der Waals surface area contributed by atoms with Gasteiger partial charge in [0, 0.05) is 26.3 Å². The number of rotatable bonds is 4. The van der Waals surface area contributed by atoms with Crippen molar-refractivity contribution in [3.8, 4) is 5.75 Å². The van der Waals surface area contributed by atoms with Gasteiger partial charge in [0.25, 0.3) is 0 Å². The lowest BCUT2D eigenvalue weighted by Crippen LogP contribution is -2.30. The zero-order chi connectivity index (χ0) is 15.8. The third-order valence-electron chi connectivity index (χ3n) is 3.33. The lowest BCUT2D eigenvalue weighted by Gasteiger charge is -2.17. The largest absolute Gasteiger partial charge is 0.495 e. The van der Waals surface area contributed by atoms with E-state index in [0.29, 0.717) is 0 Å². The number of β-amino-alcohol motifs (C(OH)–C–C–N with tert-alkyl or cyclic N) is 1. The molecule has 1 aromatic rings. The summed E-state index contributed by atoms with van der Waals surface area (Å²) in [6.45, 7) is 0.000788. The minimum absolute atomic E-state index is 0.00612. The first-order chi connectivity index (χ1) is 9.81. The fourth-order valence-corrected chi connectivity index (χ4v) is 4.45. The average molecular weight is 356 g/mol. The maximum Gasteiger partial charge on any atom is 0.244 e. The van der Waals surface area contributed by atoms with E-state index in [4.69, 9.17) is 32.7 Å². The molecule has 1 saturated heterocycles. The molecule has 1 aliphatic rings. The Balaban J connectivity index is 2.39. The molecular formula is C12H15Cl2NO5S. The molecule has 6 nitrogen and oxygen atoms in total. The van der Waals surface area contributed by atoms with Gasteiger partial charge < -0.3 is 14.6 Å². The van der Waals surface area contributed by atoms with E-state index in [1.54, 1.807) is 0 Å². The number of hydrogen-bond donors (Lipinski definition) is 1. The van der Waals surface area contributed by atoms with Crippen molar-refractivity contribution in [1.29, 1.82) is 0 Å². The van der Waals surface area contributed by atoms with Crippen molar-refractivity contribution in [2.75, 3.05) is 27.3 Å². The second kappa shape index (κ2) is 6.28. The first kappa shape index (κ1) is 16.8. The molecule has 1 N–H and O–H groups in total. The van der Waals surface area contributed by atoms with Crippen LogP contribution in [0.5, 0.6) is 5.75 Å². The molecule has 1 heterocycles. The molecule has 2 rings (SSSR count). The van der Waals surface area contributed by atoms with Crippen molar-refractivity contribution in [1.82, 2.24) is 4.31 Å². The maximum atomic E-state index is 12.6. The lowest BCUT2D eigenvalue weighted by molar-refractivity contribution is 0.0216. The predicted molar refractivity (Wildman–Crippen MR) is 78.6 cm³/mol. The first-order valence-electron chi connectivity index (χ1n) is 6.05. The summed E-state index contributed by atoms with van der Waals surface area (Å²) in [6, 6.07) is 2.58. The minimum atomic E-state index is -3.87. The molecule has 0 bridgehead atoms. The van der Waals surface area contributed by atoms with Gasteiger partial charge >= 0.3 is 0 Å². The third-order valence-corrected chi connectivity index (χ3v) is 5.92. The van der Waals surface area contributed by atoms with Crippen LogP contribution >= 0.6 is 23.2 Å². The SMILES string of the molecule is COc1cc(Cl)c(S(=O)(=O)N2C[C@H](OC)[C@@H](O)C2)cc1Cl. The van der Waals surface area contributed by atoms with Gasteiger partial charge in [-0.25, -0.2) is 8.42 Å². The normalized spacial score (nSPS) is 23.5. The number of benzene rings is 1. The zero-order valence-electron chi connectivity index (χ0n) is 11.4. The van der Waals surface area contributed by atoms with Crippen molar-refractivity contribution in [3.05, 3.63) is 22.2 Å². The number of halogens is 2. The highest BCUT2D eigenvalue weighted by Crippen LogP contribution is 2.35. The second-order valence-corrected chi connectivity index (χ2v) is 7.30. The molecule has 1 aromatic carbocycles. The van der Waals surface area contributed by atoms with Crippen molar-refractivity contribution in [3.63, 3.8) is 0 Å². The molecule has 9 heteroatoms. The van der Waals surface area contributed by atoms with Crippen LogP contribution in [0.2, 0.25) is 10.0 Å². The number of hydrogen-bond acceptors (Lipinski definition) is 5. The summed E-state index contributed by atoms with van der Waals surface area (Å²) in [6.07, 6.45) is -1.44.